The van der Waals surface area contributed by atoms with Gasteiger partial charge in [0.05, 0.1) is 11.8 Å². The van der Waals surface area contributed by atoms with Crippen LogP contribution in [-0.2, 0) is 18.3 Å². The van der Waals surface area contributed by atoms with Gasteiger partial charge in [-0.25, -0.2) is 4.98 Å². The molecule has 80 valence electrons. The molecule has 2 nitrogen and oxygen atoms in total. The normalized spacial score (nSPS) is 20.8. The third-order valence-electron chi connectivity index (χ3n) is 3.00. The van der Waals surface area contributed by atoms with Crippen molar-refractivity contribution in [1.82, 2.24) is 4.98 Å². The summed E-state index contributed by atoms with van der Waals surface area (Å²) in [4.78, 5) is 6.03. The van der Waals surface area contributed by atoms with Crippen molar-refractivity contribution in [3.05, 3.63) is 15.6 Å². The topological polar surface area (TPSA) is 36.7 Å². The number of rotatable bonds is 1. The molecule has 15 heavy (non-hydrogen) atoms. The van der Waals surface area contributed by atoms with Gasteiger partial charge in [-0.15, -0.1) is 11.3 Å². The van der Waals surface area contributed by atoms with Gasteiger partial charge in [0.2, 0.25) is 0 Å². The van der Waals surface area contributed by atoms with Gasteiger partial charge in [0.25, 0.3) is 0 Å². The zero-order chi connectivity index (χ0) is 11.1. The summed E-state index contributed by atoms with van der Waals surface area (Å²) >= 11 is 1.74. The van der Waals surface area contributed by atoms with Crippen LogP contribution in [0.3, 0.4) is 0 Å². The molecule has 0 fully saturated rings. The standard InChI is InChI=1S/C12H16N2S/c1-8-4-5-9-10(6-8)15-11(14-9)12(2,3)7-13/h8H,4-6H2,1-3H3. The van der Waals surface area contributed by atoms with Crippen LogP contribution < -0.4 is 0 Å². The average Bonchev–Trinajstić information content (AvgIpc) is 2.61. The highest BCUT2D eigenvalue weighted by molar-refractivity contribution is 7.12. The maximum atomic E-state index is 9.08. The number of fused-ring (bicyclic) bond motifs is 1. The fourth-order valence-corrected chi connectivity index (χ4v) is 3.18. The van der Waals surface area contributed by atoms with Crippen LogP contribution in [-0.4, -0.2) is 4.98 Å². The lowest BCUT2D eigenvalue weighted by molar-refractivity contribution is 0.500. The van der Waals surface area contributed by atoms with E-state index in [1.165, 1.54) is 17.0 Å². The van der Waals surface area contributed by atoms with Gasteiger partial charge in [-0.1, -0.05) is 6.92 Å². The molecule has 1 unspecified atom stereocenters. The highest BCUT2D eigenvalue weighted by atomic mass is 32.1. The van der Waals surface area contributed by atoms with Crippen LogP contribution in [0.15, 0.2) is 0 Å². The maximum Gasteiger partial charge on any atom is 0.113 e. The first-order valence-electron chi connectivity index (χ1n) is 5.43. The second kappa shape index (κ2) is 3.61. The molecule has 1 heterocycles. The van der Waals surface area contributed by atoms with Gasteiger partial charge in [-0.05, 0) is 39.0 Å². The third kappa shape index (κ3) is 1.91. The smallest absolute Gasteiger partial charge is 0.113 e. The molecule has 0 aromatic carbocycles. The molecular formula is C12H16N2S. The van der Waals surface area contributed by atoms with Gasteiger partial charge < -0.3 is 0 Å². The molecule has 1 aromatic heterocycles. The minimum absolute atomic E-state index is 0.425. The highest BCUT2D eigenvalue weighted by Crippen LogP contribution is 2.34. The molecular weight excluding hydrogens is 204 g/mol. The predicted molar refractivity (Wildman–Crippen MR) is 61.9 cm³/mol. The van der Waals surface area contributed by atoms with E-state index in [2.05, 4.69) is 18.0 Å². The molecule has 1 atom stereocenters. The molecule has 3 heteroatoms. The lowest BCUT2D eigenvalue weighted by Crippen LogP contribution is -2.13. The van der Waals surface area contributed by atoms with Gasteiger partial charge >= 0.3 is 0 Å². The minimum atomic E-state index is -0.425. The number of hydrogen-bond acceptors (Lipinski definition) is 3. The Morgan fingerprint density at radius 1 is 1.53 bits per heavy atom. The van der Waals surface area contributed by atoms with Crippen molar-refractivity contribution in [2.75, 3.05) is 0 Å². The Balaban J connectivity index is 2.36. The Morgan fingerprint density at radius 2 is 2.27 bits per heavy atom. The molecule has 0 saturated heterocycles. The molecule has 1 aliphatic carbocycles. The largest absolute Gasteiger partial charge is 0.244 e. The molecule has 1 aromatic rings. The monoisotopic (exact) mass is 220 g/mol. The van der Waals surface area contributed by atoms with E-state index >= 15 is 0 Å². The summed E-state index contributed by atoms with van der Waals surface area (Å²) in [6.45, 7) is 6.18. The van der Waals surface area contributed by atoms with Gasteiger partial charge in [-0.2, -0.15) is 5.26 Å². The fourth-order valence-electron chi connectivity index (χ4n) is 1.85. The molecule has 2 rings (SSSR count). The number of aryl methyl sites for hydroxylation is 1. The SMILES string of the molecule is CC1CCc2nc(C(C)(C)C#N)sc2C1. The van der Waals surface area contributed by atoms with E-state index in [-0.39, 0.29) is 0 Å². The van der Waals surface area contributed by atoms with E-state index in [4.69, 9.17) is 5.26 Å². The van der Waals surface area contributed by atoms with E-state index < -0.39 is 5.41 Å². The van der Waals surface area contributed by atoms with E-state index in [1.807, 2.05) is 13.8 Å². The van der Waals surface area contributed by atoms with E-state index in [0.717, 1.165) is 23.8 Å². The first-order valence-corrected chi connectivity index (χ1v) is 6.25. The van der Waals surface area contributed by atoms with Crippen LogP contribution in [0, 0.1) is 17.2 Å². The molecule has 0 spiro atoms. The zero-order valence-electron chi connectivity index (χ0n) is 9.50. The Kier molecular flexibility index (Phi) is 2.56. The molecule has 1 aliphatic rings. The second-order valence-corrected chi connectivity index (χ2v) is 6.06. The van der Waals surface area contributed by atoms with Crippen molar-refractivity contribution in [2.45, 2.75) is 45.4 Å². The second-order valence-electron chi connectivity index (χ2n) is 4.97. The lowest BCUT2D eigenvalue weighted by Gasteiger charge is -2.15. The van der Waals surface area contributed by atoms with Crippen LogP contribution in [0.25, 0.3) is 0 Å². The summed E-state index contributed by atoms with van der Waals surface area (Å²) in [5.74, 6) is 0.774. The Labute approximate surface area is 95.0 Å². The molecule has 0 N–H and O–H groups in total. The third-order valence-corrected chi connectivity index (χ3v) is 4.44. The van der Waals surface area contributed by atoms with Crippen LogP contribution in [0.2, 0.25) is 0 Å². The molecule has 0 amide bonds. The molecule has 0 saturated carbocycles. The maximum absolute atomic E-state index is 9.08. The first-order chi connectivity index (χ1) is 7.03. The quantitative estimate of drug-likeness (QED) is 0.729. The van der Waals surface area contributed by atoms with Crippen LogP contribution in [0.1, 0.15) is 42.8 Å². The summed E-state index contributed by atoms with van der Waals surface area (Å²) in [6, 6.07) is 2.33. The summed E-state index contributed by atoms with van der Waals surface area (Å²) in [5, 5.41) is 10.1. The van der Waals surface area contributed by atoms with Crippen LogP contribution in [0.4, 0.5) is 0 Å². The molecule has 0 radical (unpaired) electrons. The van der Waals surface area contributed by atoms with Crippen molar-refractivity contribution in [3.8, 4) is 6.07 Å². The number of hydrogen-bond donors (Lipinski definition) is 0. The first kappa shape index (κ1) is 10.6. The van der Waals surface area contributed by atoms with Crippen molar-refractivity contribution in [1.29, 1.82) is 5.26 Å². The number of nitriles is 1. The number of aromatic nitrogens is 1. The van der Waals surface area contributed by atoms with Crippen molar-refractivity contribution < 1.29 is 0 Å². The lowest BCUT2D eigenvalue weighted by atomic mass is 9.92. The van der Waals surface area contributed by atoms with Crippen LogP contribution in [0.5, 0.6) is 0 Å². The van der Waals surface area contributed by atoms with Gasteiger partial charge in [0, 0.05) is 4.88 Å². The van der Waals surface area contributed by atoms with E-state index in [9.17, 15) is 0 Å². The molecule has 0 bridgehead atoms. The van der Waals surface area contributed by atoms with Crippen molar-refractivity contribution >= 4 is 11.3 Å². The Hall–Kier alpha value is -0.880. The highest BCUT2D eigenvalue weighted by Gasteiger charge is 2.28. The van der Waals surface area contributed by atoms with Gasteiger partial charge in [0.1, 0.15) is 10.4 Å². The zero-order valence-corrected chi connectivity index (χ0v) is 10.3. The average molecular weight is 220 g/mol. The fraction of sp³-hybridized carbons (Fsp3) is 0.667. The Morgan fingerprint density at radius 3 is 2.93 bits per heavy atom. The van der Waals surface area contributed by atoms with E-state index in [0.29, 0.717) is 0 Å². The summed E-state index contributed by atoms with van der Waals surface area (Å²) < 4.78 is 0. The van der Waals surface area contributed by atoms with Crippen molar-refractivity contribution in [2.24, 2.45) is 5.92 Å². The number of thiazole rings is 1. The van der Waals surface area contributed by atoms with Gasteiger partial charge in [0.15, 0.2) is 0 Å². The molecule has 0 aliphatic heterocycles. The number of nitrogens with zero attached hydrogens (tertiary/aromatic N) is 2. The van der Waals surface area contributed by atoms with Crippen molar-refractivity contribution in [3.63, 3.8) is 0 Å². The van der Waals surface area contributed by atoms with Crippen LogP contribution >= 0.6 is 11.3 Å². The van der Waals surface area contributed by atoms with E-state index in [1.54, 1.807) is 11.3 Å². The Bertz CT molecular complexity index is 412. The minimum Gasteiger partial charge on any atom is -0.244 e. The summed E-state index contributed by atoms with van der Waals surface area (Å²) in [6.07, 6.45) is 3.48. The summed E-state index contributed by atoms with van der Waals surface area (Å²) in [7, 11) is 0. The summed E-state index contributed by atoms with van der Waals surface area (Å²) in [5.41, 5.74) is 0.821. The van der Waals surface area contributed by atoms with Gasteiger partial charge in [-0.3, -0.25) is 0 Å². The predicted octanol–water partition coefficient (Wildman–Crippen LogP) is 3.07.